The third kappa shape index (κ3) is 5.31. The zero-order valence-corrected chi connectivity index (χ0v) is 17.0. The molecule has 1 fully saturated rings. The van der Waals surface area contributed by atoms with Crippen LogP contribution in [-0.2, 0) is 10.0 Å². The molecular weight excluding hydrogens is 432 g/mol. The van der Waals surface area contributed by atoms with E-state index in [1.807, 2.05) is 0 Å². The Bertz CT molecular complexity index is 890. The van der Waals surface area contributed by atoms with Gasteiger partial charge in [0, 0.05) is 21.8 Å². The van der Waals surface area contributed by atoms with Gasteiger partial charge in [0.15, 0.2) is 0 Å². The molecule has 27 heavy (non-hydrogen) atoms. The molecule has 144 valence electrons. The number of carbonyl (C=O) groups is 1. The Morgan fingerprint density at radius 3 is 2.15 bits per heavy atom. The zero-order valence-electron chi connectivity index (χ0n) is 14.6. The molecule has 3 rings (SSSR count). The fraction of sp³-hybridized carbons (Fsp3) is 0.316. The molecule has 0 aliphatic heterocycles. The lowest BCUT2D eigenvalue weighted by Crippen LogP contribution is -2.38. The molecule has 0 radical (unpaired) electrons. The van der Waals surface area contributed by atoms with Crippen LogP contribution in [0.5, 0.6) is 0 Å². The van der Waals surface area contributed by atoms with Gasteiger partial charge in [0.25, 0.3) is 15.9 Å². The van der Waals surface area contributed by atoms with E-state index in [0.717, 1.165) is 17.3 Å². The summed E-state index contributed by atoms with van der Waals surface area (Å²) in [5, 5.41) is 12.5. The standard InChI is InChI=1S/C19H21BrN2O4S/c20-14-3-11-18(12-4-14)27(25,26)22-16-5-1-13(2-6-16)19(24)21-15-7-9-17(23)10-8-15/h1-6,11-12,15,17,22-23H,7-10H2,(H,21,24). The largest absolute Gasteiger partial charge is 0.393 e. The van der Waals surface area contributed by atoms with Crippen LogP contribution in [0.25, 0.3) is 0 Å². The van der Waals surface area contributed by atoms with E-state index in [2.05, 4.69) is 26.0 Å². The van der Waals surface area contributed by atoms with Crippen LogP contribution in [0, 0.1) is 0 Å². The van der Waals surface area contributed by atoms with E-state index >= 15 is 0 Å². The Labute approximate surface area is 167 Å². The molecule has 0 heterocycles. The maximum atomic E-state index is 12.4. The number of rotatable bonds is 5. The first kappa shape index (κ1) is 19.9. The number of anilines is 1. The molecule has 0 spiro atoms. The highest BCUT2D eigenvalue weighted by Gasteiger charge is 2.21. The molecule has 0 saturated heterocycles. The van der Waals surface area contributed by atoms with Gasteiger partial charge in [-0.1, -0.05) is 15.9 Å². The molecule has 1 saturated carbocycles. The number of carbonyl (C=O) groups excluding carboxylic acids is 1. The van der Waals surface area contributed by atoms with Crippen molar-refractivity contribution < 1.29 is 18.3 Å². The van der Waals surface area contributed by atoms with Crippen LogP contribution < -0.4 is 10.0 Å². The molecule has 1 aliphatic carbocycles. The quantitative estimate of drug-likeness (QED) is 0.648. The molecule has 8 heteroatoms. The van der Waals surface area contributed by atoms with Crippen molar-refractivity contribution >= 4 is 37.5 Å². The van der Waals surface area contributed by atoms with Crippen LogP contribution in [0.1, 0.15) is 36.0 Å². The van der Waals surface area contributed by atoms with Gasteiger partial charge < -0.3 is 10.4 Å². The predicted octanol–water partition coefficient (Wildman–Crippen LogP) is 3.28. The van der Waals surface area contributed by atoms with Gasteiger partial charge in [0.2, 0.25) is 0 Å². The molecule has 2 aromatic carbocycles. The van der Waals surface area contributed by atoms with Crippen LogP contribution in [0.15, 0.2) is 57.9 Å². The Kier molecular flexibility index (Phi) is 6.18. The van der Waals surface area contributed by atoms with Gasteiger partial charge in [0.1, 0.15) is 0 Å². The lowest BCUT2D eigenvalue weighted by Gasteiger charge is -2.26. The highest BCUT2D eigenvalue weighted by Crippen LogP contribution is 2.20. The SMILES string of the molecule is O=C(NC1CCC(O)CC1)c1ccc(NS(=O)(=O)c2ccc(Br)cc2)cc1. The van der Waals surface area contributed by atoms with Crippen molar-refractivity contribution in [2.75, 3.05) is 4.72 Å². The van der Waals surface area contributed by atoms with Crippen molar-refractivity contribution in [1.29, 1.82) is 0 Å². The normalized spacial score (nSPS) is 20.1. The van der Waals surface area contributed by atoms with Crippen molar-refractivity contribution in [2.24, 2.45) is 0 Å². The van der Waals surface area contributed by atoms with Gasteiger partial charge in [-0.3, -0.25) is 9.52 Å². The maximum absolute atomic E-state index is 12.4. The lowest BCUT2D eigenvalue weighted by molar-refractivity contribution is 0.0867. The third-order valence-corrected chi connectivity index (χ3v) is 6.48. The summed E-state index contributed by atoms with van der Waals surface area (Å²) in [6.07, 6.45) is 2.65. The number of hydrogen-bond acceptors (Lipinski definition) is 4. The minimum Gasteiger partial charge on any atom is -0.393 e. The van der Waals surface area contributed by atoms with Gasteiger partial charge in [-0.25, -0.2) is 8.42 Å². The van der Waals surface area contributed by atoms with Crippen LogP contribution >= 0.6 is 15.9 Å². The monoisotopic (exact) mass is 452 g/mol. The van der Waals surface area contributed by atoms with Crippen molar-refractivity contribution in [1.82, 2.24) is 5.32 Å². The van der Waals surface area contributed by atoms with Crippen molar-refractivity contribution in [3.63, 3.8) is 0 Å². The second-order valence-corrected chi connectivity index (χ2v) is 9.21. The van der Waals surface area contributed by atoms with Crippen LogP contribution in [-0.4, -0.2) is 31.6 Å². The van der Waals surface area contributed by atoms with Gasteiger partial charge in [0.05, 0.1) is 11.0 Å². The summed E-state index contributed by atoms with van der Waals surface area (Å²) in [4.78, 5) is 12.5. The Balaban J connectivity index is 1.63. The third-order valence-electron chi connectivity index (χ3n) is 4.56. The minimum absolute atomic E-state index is 0.0662. The number of benzene rings is 2. The van der Waals surface area contributed by atoms with E-state index < -0.39 is 10.0 Å². The molecule has 3 N–H and O–H groups in total. The second-order valence-electron chi connectivity index (χ2n) is 6.62. The first-order chi connectivity index (χ1) is 12.8. The molecule has 0 atom stereocenters. The number of aliphatic hydroxyl groups is 1. The van der Waals surface area contributed by atoms with Crippen molar-refractivity contribution in [2.45, 2.75) is 42.7 Å². The van der Waals surface area contributed by atoms with Crippen molar-refractivity contribution in [3.05, 3.63) is 58.6 Å². The van der Waals surface area contributed by atoms with Gasteiger partial charge >= 0.3 is 0 Å². The smallest absolute Gasteiger partial charge is 0.261 e. The number of hydrogen-bond donors (Lipinski definition) is 3. The van der Waals surface area contributed by atoms with Gasteiger partial charge in [-0.05, 0) is 74.2 Å². The van der Waals surface area contributed by atoms with Gasteiger partial charge in [-0.15, -0.1) is 0 Å². The first-order valence-electron chi connectivity index (χ1n) is 8.71. The average molecular weight is 453 g/mol. The molecule has 0 aromatic heterocycles. The van der Waals surface area contributed by atoms with Crippen LogP contribution in [0.4, 0.5) is 5.69 Å². The zero-order chi connectivity index (χ0) is 19.4. The summed E-state index contributed by atoms with van der Waals surface area (Å²) in [5.74, 6) is -0.196. The van der Waals surface area contributed by atoms with E-state index in [4.69, 9.17) is 0 Å². The number of halogens is 1. The maximum Gasteiger partial charge on any atom is 0.261 e. The highest BCUT2D eigenvalue weighted by atomic mass is 79.9. The molecule has 1 amide bonds. The van der Waals surface area contributed by atoms with E-state index in [1.165, 1.54) is 12.1 Å². The summed E-state index contributed by atoms with van der Waals surface area (Å²) in [6, 6.07) is 12.7. The number of sulfonamides is 1. The van der Waals surface area contributed by atoms with Crippen molar-refractivity contribution in [3.8, 4) is 0 Å². The molecule has 6 nitrogen and oxygen atoms in total. The van der Waals surface area contributed by atoms with Crippen LogP contribution in [0.2, 0.25) is 0 Å². The summed E-state index contributed by atoms with van der Waals surface area (Å²) >= 11 is 3.27. The molecule has 1 aliphatic rings. The predicted molar refractivity (Wildman–Crippen MR) is 107 cm³/mol. The fourth-order valence-corrected chi connectivity index (χ4v) is 4.33. The summed E-state index contributed by atoms with van der Waals surface area (Å²) in [7, 11) is -3.69. The highest BCUT2D eigenvalue weighted by molar-refractivity contribution is 9.10. The average Bonchev–Trinajstić information content (AvgIpc) is 2.64. The first-order valence-corrected chi connectivity index (χ1v) is 11.0. The molecule has 0 unspecified atom stereocenters. The topological polar surface area (TPSA) is 95.5 Å². The van der Waals surface area contributed by atoms with Crippen LogP contribution in [0.3, 0.4) is 0 Å². The Morgan fingerprint density at radius 1 is 0.963 bits per heavy atom. The number of nitrogens with one attached hydrogen (secondary N) is 2. The Hall–Kier alpha value is -1.90. The molecular formula is C19H21BrN2O4S. The Morgan fingerprint density at radius 2 is 1.56 bits per heavy atom. The molecule has 0 bridgehead atoms. The lowest BCUT2D eigenvalue weighted by atomic mass is 9.93. The summed E-state index contributed by atoms with van der Waals surface area (Å²) < 4.78 is 28.1. The molecule has 2 aromatic rings. The fourth-order valence-electron chi connectivity index (χ4n) is 3.01. The minimum atomic E-state index is -3.69. The number of amides is 1. The van der Waals surface area contributed by atoms with E-state index in [-0.39, 0.29) is 22.9 Å². The van der Waals surface area contributed by atoms with E-state index in [1.54, 1.807) is 36.4 Å². The van der Waals surface area contributed by atoms with E-state index in [9.17, 15) is 18.3 Å². The van der Waals surface area contributed by atoms with Gasteiger partial charge in [-0.2, -0.15) is 0 Å². The summed E-state index contributed by atoms with van der Waals surface area (Å²) in [5.41, 5.74) is 0.850. The number of aliphatic hydroxyl groups excluding tert-OH is 1. The van der Waals surface area contributed by atoms with E-state index in [0.29, 0.717) is 24.1 Å². The summed E-state index contributed by atoms with van der Waals surface area (Å²) in [6.45, 7) is 0. The second kappa shape index (κ2) is 8.41.